The molecule has 1 saturated carbocycles. The summed E-state index contributed by atoms with van der Waals surface area (Å²) >= 11 is 2.04. The Balaban J connectivity index is 1.50. The molecule has 4 heteroatoms. The lowest BCUT2D eigenvalue weighted by molar-refractivity contribution is -0.135. The van der Waals surface area contributed by atoms with Crippen molar-refractivity contribution in [3.8, 4) is 11.1 Å². The van der Waals surface area contributed by atoms with Gasteiger partial charge in [-0.05, 0) is 42.4 Å². The Labute approximate surface area is 179 Å². The highest BCUT2D eigenvalue weighted by Gasteiger charge is 2.37. The number of amides is 1. The molecule has 29 heavy (non-hydrogen) atoms. The lowest BCUT2D eigenvalue weighted by atomic mass is 9.96. The summed E-state index contributed by atoms with van der Waals surface area (Å²) in [5, 5.41) is 4.62. The van der Waals surface area contributed by atoms with Gasteiger partial charge in [-0.1, -0.05) is 68.4 Å². The molecule has 2 fully saturated rings. The van der Waals surface area contributed by atoms with Gasteiger partial charge in [-0.3, -0.25) is 4.79 Å². The van der Waals surface area contributed by atoms with Crippen molar-refractivity contribution in [2.24, 2.45) is 5.92 Å². The SMILES string of the molecule is CC(C)C(=O)N1CCC(NCSC2CC2)C1Cc1cccc(-c2ccccc2)c1. The molecule has 0 aromatic heterocycles. The van der Waals surface area contributed by atoms with E-state index in [1.165, 1.54) is 29.5 Å². The molecule has 154 valence electrons. The van der Waals surface area contributed by atoms with Crippen LogP contribution in [-0.2, 0) is 11.2 Å². The largest absolute Gasteiger partial charge is 0.338 e. The summed E-state index contributed by atoms with van der Waals surface area (Å²) < 4.78 is 0. The Morgan fingerprint density at radius 2 is 1.83 bits per heavy atom. The van der Waals surface area contributed by atoms with Crippen LogP contribution in [0.4, 0.5) is 0 Å². The Bertz CT molecular complexity index is 819. The minimum atomic E-state index is 0.0488. The highest BCUT2D eigenvalue weighted by Crippen LogP contribution is 2.34. The summed E-state index contributed by atoms with van der Waals surface area (Å²) in [7, 11) is 0. The summed E-state index contributed by atoms with van der Waals surface area (Å²) in [4.78, 5) is 15.0. The number of hydrogen-bond donors (Lipinski definition) is 1. The van der Waals surface area contributed by atoms with E-state index in [9.17, 15) is 4.79 Å². The molecule has 0 radical (unpaired) electrons. The van der Waals surface area contributed by atoms with E-state index >= 15 is 0 Å². The first kappa shape index (κ1) is 20.5. The quantitative estimate of drug-likeness (QED) is 0.626. The maximum absolute atomic E-state index is 12.9. The molecule has 2 aromatic carbocycles. The highest BCUT2D eigenvalue weighted by molar-refractivity contribution is 8.00. The zero-order chi connectivity index (χ0) is 20.2. The second-order valence-electron chi connectivity index (χ2n) is 8.63. The van der Waals surface area contributed by atoms with E-state index in [1.54, 1.807) is 0 Å². The van der Waals surface area contributed by atoms with E-state index in [1.807, 2.05) is 25.6 Å². The van der Waals surface area contributed by atoms with Crippen LogP contribution in [0.1, 0.15) is 38.7 Å². The highest BCUT2D eigenvalue weighted by atomic mass is 32.2. The second kappa shape index (κ2) is 9.36. The van der Waals surface area contributed by atoms with Gasteiger partial charge >= 0.3 is 0 Å². The predicted molar refractivity (Wildman–Crippen MR) is 123 cm³/mol. The van der Waals surface area contributed by atoms with Crippen LogP contribution in [0.3, 0.4) is 0 Å². The first-order valence-corrected chi connectivity index (χ1v) is 12.0. The Morgan fingerprint density at radius 1 is 1.07 bits per heavy atom. The van der Waals surface area contributed by atoms with Gasteiger partial charge in [-0.2, -0.15) is 0 Å². The Hall–Kier alpha value is -1.78. The molecule has 1 heterocycles. The molecule has 3 nitrogen and oxygen atoms in total. The van der Waals surface area contributed by atoms with Crippen molar-refractivity contribution >= 4 is 17.7 Å². The molecule has 4 rings (SSSR count). The third-order valence-electron chi connectivity index (χ3n) is 5.99. The van der Waals surface area contributed by atoms with Gasteiger partial charge in [-0.25, -0.2) is 0 Å². The normalized spacial score (nSPS) is 21.7. The first-order chi connectivity index (χ1) is 14.1. The molecule has 1 amide bonds. The van der Waals surface area contributed by atoms with E-state index in [-0.39, 0.29) is 17.9 Å². The van der Waals surface area contributed by atoms with Crippen LogP contribution in [-0.4, -0.2) is 40.6 Å². The van der Waals surface area contributed by atoms with E-state index < -0.39 is 0 Å². The predicted octanol–water partition coefficient (Wildman–Crippen LogP) is 4.96. The maximum atomic E-state index is 12.9. The van der Waals surface area contributed by atoms with E-state index in [0.29, 0.717) is 6.04 Å². The number of rotatable bonds is 8. The fourth-order valence-electron chi connectivity index (χ4n) is 4.21. The third kappa shape index (κ3) is 5.23. The maximum Gasteiger partial charge on any atom is 0.225 e. The number of hydrogen-bond acceptors (Lipinski definition) is 3. The fourth-order valence-corrected chi connectivity index (χ4v) is 5.22. The van der Waals surface area contributed by atoms with Gasteiger partial charge < -0.3 is 10.2 Å². The summed E-state index contributed by atoms with van der Waals surface area (Å²) in [6.45, 7) is 4.89. The van der Waals surface area contributed by atoms with Crippen LogP contribution in [0, 0.1) is 5.92 Å². The molecule has 1 N–H and O–H groups in total. The lowest BCUT2D eigenvalue weighted by Gasteiger charge is -2.30. The van der Waals surface area contributed by atoms with Crippen molar-refractivity contribution < 1.29 is 4.79 Å². The number of nitrogens with one attached hydrogen (secondary N) is 1. The van der Waals surface area contributed by atoms with Gasteiger partial charge in [0, 0.05) is 29.6 Å². The van der Waals surface area contributed by atoms with Crippen molar-refractivity contribution in [1.29, 1.82) is 0 Å². The van der Waals surface area contributed by atoms with Crippen molar-refractivity contribution in [3.05, 3.63) is 60.2 Å². The molecule has 0 spiro atoms. The fraction of sp³-hybridized carbons (Fsp3) is 0.480. The van der Waals surface area contributed by atoms with Crippen molar-refractivity contribution in [3.63, 3.8) is 0 Å². The summed E-state index contributed by atoms with van der Waals surface area (Å²) in [5.41, 5.74) is 3.80. The molecule has 2 aromatic rings. The molecule has 1 saturated heterocycles. The molecule has 2 unspecified atom stereocenters. The van der Waals surface area contributed by atoms with Crippen molar-refractivity contribution in [1.82, 2.24) is 10.2 Å². The standard InChI is InChI=1S/C25H32N2OS/c1-18(2)25(28)27-14-13-23(26-17-29-22-11-12-22)24(27)16-19-7-6-10-21(15-19)20-8-4-3-5-9-20/h3-10,15,18,22-24,26H,11-14,16-17H2,1-2H3. The minimum Gasteiger partial charge on any atom is -0.338 e. The molecular formula is C25H32N2OS. The van der Waals surface area contributed by atoms with Gasteiger partial charge in [0.05, 0.1) is 6.04 Å². The van der Waals surface area contributed by atoms with Crippen LogP contribution < -0.4 is 5.32 Å². The molecule has 1 aliphatic carbocycles. The molecule has 1 aliphatic heterocycles. The number of thioether (sulfide) groups is 1. The number of benzene rings is 2. The lowest BCUT2D eigenvalue weighted by Crippen LogP contribution is -2.47. The molecule has 2 atom stereocenters. The zero-order valence-electron chi connectivity index (χ0n) is 17.5. The number of nitrogens with zero attached hydrogens (tertiary/aromatic N) is 1. The summed E-state index contributed by atoms with van der Waals surface area (Å²) in [6, 6.07) is 20.0. The van der Waals surface area contributed by atoms with Gasteiger partial charge in [0.1, 0.15) is 0 Å². The topological polar surface area (TPSA) is 32.3 Å². The molecule has 2 aliphatic rings. The molecule has 0 bridgehead atoms. The van der Waals surface area contributed by atoms with Crippen LogP contribution in [0.25, 0.3) is 11.1 Å². The van der Waals surface area contributed by atoms with E-state index in [4.69, 9.17) is 0 Å². The Morgan fingerprint density at radius 3 is 2.55 bits per heavy atom. The number of carbonyl (C=O) groups excluding carboxylic acids is 1. The van der Waals surface area contributed by atoms with Gasteiger partial charge in [0.25, 0.3) is 0 Å². The minimum absolute atomic E-state index is 0.0488. The van der Waals surface area contributed by atoms with Crippen LogP contribution in [0.15, 0.2) is 54.6 Å². The van der Waals surface area contributed by atoms with Gasteiger partial charge in [-0.15, -0.1) is 11.8 Å². The van der Waals surface area contributed by atoms with Crippen molar-refractivity contribution in [2.75, 3.05) is 12.4 Å². The average molecular weight is 409 g/mol. The number of likely N-dealkylation sites (tertiary alicyclic amines) is 1. The zero-order valence-corrected chi connectivity index (χ0v) is 18.3. The number of carbonyl (C=O) groups is 1. The summed E-state index contributed by atoms with van der Waals surface area (Å²) in [6.07, 6.45) is 4.69. The smallest absolute Gasteiger partial charge is 0.225 e. The Kier molecular flexibility index (Phi) is 6.61. The van der Waals surface area contributed by atoms with Crippen LogP contribution in [0.2, 0.25) is 0 Å². The van der Waals surface area contributed by atoms with Crippen molar-refractivity contribution in [2.45, 2.75) is 56.9 Å². The van der Waals surface area contributed by atoms with Crippen LogP contribution in [0.5, 0.6) is 0 Å². The monoisotopic (exact) mass is 408 g/mol. The van der Waals surface area contributed by atoms with Gasteiger partial charge in [0.2, 0.25) is 5.91 Å². The van der Waals surface area contributed by atoms with E-state index in [2.05, 4.69) is 64.8 Å². The second-order valence-corrected chi connectivity index (χ2v) is 9.92. The average Bonchev–Trinajstić information content (AvgIpc) is 3.49. The third-order valence-corrected chi connectivity index (χ3v) is 7.27. The first-order valence-electron chi connectivity index (χ1n) is 10.9. The van der Waals surface area contributed by atoms with E-state index in [0.717, 1.165) is 30.5 Å². The van der Waals surface area contributed by atoms with Crippen LogP contribution >= 0.6 is 11.8 Å². The van der Waals surface area contributed by atoms with Gasteiger partial charge in [0.15, 0.2) is 0 Å². The summed E-state index contributed by atoms with van der Waals surface area (Å²) in [5.74, 6) is 1.33. The molecular weight excluding hydrogens is 376 g/mol.